The van der Waals surface area contributed by atoms with Gasteiger partial charge in [-0.15, -0.1) is 0 Å². The number of rotatable bonds is 1. The van der Waals surface area contributed by atoms with Gasteiger partial charge in [-0.05, 0) is 19.1 Å². The Morgan fingerprint density at radius 3 is 3.00 bits per heavy atom. The van der Waals surface area contributed by atoms with Crippen LogP contribution in [0, 0.1) is 12.0 Å². The molecule has 0 atom stereocenters. The van der Waals surface area contributed by atoms with Gasteiger partial charge in [-0.3, -0.25) is 5.32 Å². The van der Waals surface area contributed by atoms with Crippen molar-refractivity contribution in [3.63, 3.8) is 0 Å². The van der Waals surface area contributed by atoms with Crippen LogP contribution < -0.4 is 5.32 Å². The molecule has 3 nitrogen and oxygen atoms in total. The molecule has 2 aromatic rings. The minimum atomic E-state index is 0.440. The maximum absolute atomic E-state index is 5.35. The Labute approximate surface area is 75.8 Å². The molecule has 2 rings (SSSR count). The predicted octanol–water partition coefficient (Wildman–Crippen LogP) is 2.22. The van der Waals surface area contributed by atoms with E-state index < -0.39 is 0 Å². The van der Waals surface area contributed by atoms with Gasteiger partial charge in [0.05, 0.1) is 0 Å². The lowest BCUT2D eigenvalue weighted by molar-refractivity contribution is 0.623. The summed E-state index contributed by atoms with van der Waals surface area (Å²) in [5.41, 5.74) is 1.60. The zero-order valence-corrected chi connectivity index (χ0v) is 7.16. The molecule has 0 aliphatic heterocycles. The van der Waals surface area contributed by atoms with E-state index in [9.17, 15) is 0 Å². The van der Waals surface area contributed by atoms with Gasteiger partial charge in [-0.2, -0.15) is 4.98 Å². The molecule has 0 radical (unpaired) electrons. The smallest absolute Gasteiger partial charge is 0.307 e. The highest BCUT2D eigenvalue weighted by Crippen LogP contribution is 2.17. The van der Waals surface area contributed by atoms with Gasteiger partial charge in [0.1, 0.15) is 5.52 Å². The van der Waals surface area contributed by atoms with Crippen LogP contribution in [0.3, 0.4) is 0 Å². The van der Waals surface area contributed by atoms with Gasteiger partial charge in [0.25, 0.3) is 0 Å². The van der Waals surface area contributed by atoms with Gasteiger partial charge >= 0.3 is 6.01 Å². The number of nitrogens with zero attached hydrogens (tertiary/aromatic N) is 1. The van der Waals surface area contributed by atoms with Crippen LogP contribution in [0.4, 0.5) is 6.01 Å². The Hall–Kier alpha value is -1.95. The Morgan fingerprint density at radius 2 is 2.23 bits per heavy atom. The van der Waals surface area contributed by atoms with Gasteiger partial charge in [-0.25, -0.2) is 0 Å². The quantitative estimate of drug-likeness (QED) is 0.529. The van der Waals surface area contributed by atoms with Crippen LogP contribution in [-0.4, -0.2) is 4.98 Å². The highest BCUT2D eigenvalue weighted by Gasteiger charge is 2.01. The van der Waals surface area contributed by atoms with Crippen molar-refractivity contribution in [3.05, 3.63) is 24.3 Å². The number of benzene rings is 1. The third-order valence-electron chi connectivity index (χ3n) is 1.59. The molecule has 64 valence electrons. The van der Waals surface area contributed by atoms with Crippen molar-refractivity contribution in [1.29, 1.82) is 0 Å². The molecule has 13 heavy (non-hydrogen) atoms. The Morgan fingerprint density at radius 1 is 1.38 bits per heavy atom. The molecule has 0 fully saturated rings. The Balaban J connectivity index is 2.42. The highest BCUT2D eigenvalue weighted by atomic mass is 16.4. The Kier molecular flexibility index (Phi) is 1.89. The van der Waals surface area contributed by atoms with Gasteiger partial charge in [0.15, 0.2) is 5.58 Å². The molecule has 0 bridgehead atoms. The lowest BCUT2D eigenvalue weighted by Crippen LogP contribution is -1.85. The van der Waals surface area contributed by atoms with Crippen molar-refractivity contribution in [2.24, 2.45) is 0 Å². The van der Waals surface area contributed by atoms with E-state index in [-0.39, 0.29) is 0 Å². The Bertz CT molecular complexity index is 443. The SMILES string of the molecule is CC#CNc1nc2ccccc2o1. The van der Waals surface area contributed by atoms with E-state index in [1.807, 2.05) is 24.3 Å². The van der Waals surface area contributed by atoms with Crippen LogP contribution in [0.2, 0.25) is 0 Å². The minimum absolute atomic E-state index is 0.440. The van der Waals surface area contributed by atoms with Crippen LogP contribution in [0.5, 0.6) is 0 Å². The average Bonchev–Trinajstić information content (AvgIpc) is 2.57. The van der Waals surface area contributed by atoms with E-state index in [2.05, 4.69) is 22.3 Å². The number of anilines is 1. The third-order valence-corrected chi connectivity index (χ3v) is 1.59. The molecule has 1 heterocycles. The number of para-hydroxylation sites is 2. The monoisotopic (exact) mass is 172 g/mol. The van der Waals surface area contributed by atoms with Crippen molar-refractivity contribution in [2.45, 2.75) is 6.92 Å². The lowest BCUT2D eigenvalue weighted by Gasteiger charge is -1.84. The van der Waals surface area contributed by atoms with E-state index in [0.29, 0.717) is 6.01 Å². The van der Waals surface area contributed by atoms with Crippen LogP contribution in [0.1, 0.15) is 6.92 Å². The first-order chi connectivity index (χ1) is 6.40. The van der Waals surface area contributed by atoms with Crippen molar-refractivity contribution < 1.29 is 4.42 Å². The molecule has 1 N–H and O–H groups in total. The summed E-state index contributed by atoms with van der Waals surface area (Å²) in [4.78, 5) is 4.17. The van der Waals surface area contributed by atoms with Gasteiger partial charge in [-0.1, -0.05) is 18.1 Å². The van der Waals surface area contributed by atoms with E-state index in [4.69, 9.17) is 4.42 Å². The zero-order chi connectivity index (χ0) is 9.10. The van der Waals surface area contributed by atoms with Crippen molar-refractivity contribution in [3.8, 4) is 12.0 Å². The van der Waals surface area contributed by atoms with Crippen molar-refractivity contribution >= 4 is 17.1 Å². The first-order valence-electron chi connectivity index (χ1n) is 3.93. The maximum Gasteiger partial charge on any atom is 0.307 e. The number of oxazole rings is 1. The summed E-state index contributed by atoms with van der Waals surface area (Å²) >= 11 is 0. The molecule has 0 amide bonds. The molecule has 3 heteroatoms. The molecular weight excluding hydrogens is 164 g/mol. The normalized spacial score (nSPS) is 9.31. The summed E-state index contributed by atoms with van der Waals surface area (Å²) in [6.45, 7) is 1.75. The first-order valence-corrected chi connectivity index (χ1v) is 3.93. The second-order valence-corrected chi connectivity index (χ2v) is 2.49. The van der Waals surface area contributed by atoms with Crippen LogP contribution in [0.15, 0.2) is 28.7 Å². The van der Waals surface area contributed by atoms with E-state index in [1.165, 1.54) is 0 Å². The molecule has 1 aromatic carbocycles. The summed E-state index contributed by atoms with van der Waals surface area (Å²) in [6, 6.07) is 10.7. The summed E-state index contributed by atoms with van der Waals surface area (Å²) in [5.74, 6) is 2.70. The van der Waals surface area contributed by atoms with Crippen LogP contribution in [-0.2, 0) is 0 Å². The lowest BCUT2D eigenvalue weighted by atomic mass is 10.3. The van der Waals surface area contributed by atoms with Crippen LogP contribution in [0.25, 0.3) is 11.1 Å². The number of fused-ring (bicyclic) bond motifs is 1. The highest BCUT2D eigenvalue weighted by molar-refractivity contribution is 5.74. The minimum Gasteiger partial charge on any atom is -0.423 e. The van der Waals surface area contributed by atoms with E-state index >= 15 is 0 Å². The summed E-state index contributed by atoms with van der Waals surface area (Å²) in [6.07, 6.45) is 0. The molecule has 1 aromatic heterocycles. The average molecular weight is 172 g/mol. The van der Waals surface area contributed by atoms with E-state index in [1.54, 1.807) is 6.92 Å². The van der Waals surface area contributed by atoms with Gasteiger partial charge in [0.2, 0.25) is 0 Å². The number of hydrogen-bond acceptors (Lipinski definition) is 3. The van der Waals surface area contributed by atoms with Crippen LogP contribution >= 0.6 is 0 Å². The second kappa shape index (κ2) is 3.20. The molecule has 0 unspecified atom stereocenters. The fourth-order valence-electron chi connectivity index (χ4n) is 1.04. The summed E-state index contributed by atoms with van der Waals surface area (Å²) in [5, 5.41) is 2.74. The van der Waals surface area contributed by atoms with Crippen molar-refractivity contribution in [2.75, 3.05) is 5.32 Å². The topological polar surface area (TPSA) is 38.1 Å². The number of aromatic nitrogens is 1. The molecule has 0 aliphatic carbocycles. The fraction of sp³-hybridized carbons (Fsp3) is 0.100. The largest absolute Gasteiger partial charge is 0.423 e. The molecule has 0 saturated carbocycles. The number of hydrogen-bond donors (Lipinski definition) is 1. The maximum atomic E-state index is 5.35. The van der Waals surface area contributed by atoms with E-state index in [0.717, 1.165) is 11.1 Å². The van der Waals surface area contributed by atoms with Crippen molar-refractivity contribution in [1.82, 2.24) is 4.98 Å². The summed E-state index contributed by atoms with van der Waals surface area (Å²) in [7, 11) is 0. The molecule has 0 saturated heterocycles. The third kappa shape index (κ3) is 1.47. The van der Waals surface area contributed by atoms with Gasteiger partial charge < -0.3 is 4.42 Å². The van der Waals surface area contributed by atoms with Gasteiger partial charge in [0, 0.05) is 6.04 Å². The molecule has 0 spiro atoms. The number of nitrogens with one attached hydrogen (secondary N) is 1. The molecule has 0 aliphatic rings. The molecular formula is C10H8N2O. The fourth-order valence-corrected chi connectivity index (χ4v) is 1.04. The zero-order valence-electron chi connectivity index (χ0n) is 7.16. The predicted molar refractivity (Wildman–Crippen MR) is 51.1 cm³/mol. The second-order valence-electron chi connectivity index (χ2n) is 2.49. The first kappa shape index (κ1) is 7.69. The standard InChI is InChI=1S/C10H8N2O/c1-2-7-11-10-12-8-5-3-4-6-9(8)13-10/h3-6H,1H3,(H,11,12). The summed E-state index contributed by atoms with van der Waals surface area (Å²) < 4.78 is 5.35.